The van der Waals surface area contributed by atoms with Crippen molar-refractivity contribution < 1.29 is 14.7 Å². The molecule has 0 radical (unpaired) electrons. The zero-order valence-corrected chi connectivity index (χ0v) is 11.3. The van der Waals surface area contributed by atoms with Gasteiger partial charge in [-0.1, -0.05) is 18.2 Å². The van der Waals surface area contributed by atoms with E-state index in [9.17, 15) is 9.59 Å². The lowest BCUT2D eigenvalue weighted by Crippen LogP contribution is -2.40. The maximum absolute atomic E-state index is 12.1. The minimum absolute atomic E-state index is 0.0910. The summed E-state index contributed by atoms with van der Waals surface area (Å²) in [4.78, 5) is 24.6. The minimum Gasteiger partial charge on any atom is -0.481 e. The maximum Gasteiger partial charge on any atom is 0.321 e. The van der Waals surface area contributed by atoms with E-state index in [1.54, 1.807) is 29.2 Å². The standard InChI is InChI=1S/C13H16N2O3S/c16-12(17)9-10-3-1-2-4-11(10)14-13(18)15-5-7-19-8-6-15/h1-4H,5-9H2,(H,14,18)(H,16,17). The lowest BCUT2D eigenvalue weighted by molar-refractivity contribution is -0.136. The normalized spacial score (nSPS) is 15.1. The van der Waals surface area contributed by atoms with Gasteiger partial charge in [-0.05, 0) is 11.6 Å². The molecule has 0 saturated carbocycles. The number of carboxylic acids is 1. The van der Waals surface area contributed by atoms with Gasteiger partial charge >= 0.3 is 12.0 Å². The predicted octanol–water partition coefficient (Wildman–Crippen LogP) is 1.89. The van der Waals surface area contributed by atoms with E-state index in [4.69, 9.17) is 5.11 Å². The predicted molar refractivity (Wildman–Crippen MR) is 75.7 cm³/mol. The molecule has 0 aromatic heterocycles. The van der Waals surface area contributed by atoms with Crippen LogP contribution in [-0.2, 0) is 11.2 Å². The molecule has 5 nitrogen and oxygen atoms in total. The Morgan fingerprint density at radius 1 is 1.26 bits per heavy atom. The van der Waals surface area contributed by atoms with Crippen LogP contribution in [0, 0.1) is 0 Å². The molecule has 1 aliphatic rings. The summed E-state index contributed by atoms with van der Waals surface area (Å²) >= 11 is 1.83. The molecule has 19 heavy (non-hydrogen) atoms. The van der Waals surface area contributed by atoms with Gasteiger partial charge < -0.3 is 15.3 Å². The topological polar surface area (TPSA) is 69.6 Å². The largest absolute Gasteiger partial charge is 0.481 e. The summed E-state index contributed by atoms with van der Waals surface area (Å²) in [5.41, 5.74) is 1.20. The van der Waals surface area contributed by atoms with Crippen LogP contribution in [0.2, 0.25) is 0 Å². The number of amides is 2. The van der Waals surface area contributed by atoms with Crippen molar-refractivity contribution in [1.29, 1.82) is 0 Å². The average Bonchev–Trinajstić information content (AvgIpc) is 2.41. The molecule has 1 aromatic rings. The van der Waals surface area contributed by atoms with E-state index >= 15 is 0 Å². The second-order valence-electron chi connectivity index (χ2n) is 4.26. The third-order valence-corrected chi connectivity index (χ3v) is 3.84. The highest BCUT2D eigenvalue weighted by Gasteiger charge is 2.17. The van der Waals surface area contributed by atoms with Crippen molar-refractivity contribution in [2.75, 3.05) is 29.9 Å². The quantitative estimate of drug-likeness (QED) is 0.887. The Balaban J connectivity index is 2.05. The number of nitrogens with one attached hydrogen (secondary N) is 1. The molecule has 1 aromatic carbocycles. The van der Waals surface area contributed by atoms with E-state index in [0.717, 1.165) is 24.6 Å². The number of hydrogen-bond acceptors (Lipinski definition) is 3. The molecule has 1 heterocycles. The highest BCUT2D eigenvalue weighted by atomic mass is 32.2. The van der Waals surface area contributed by atoms with E-state index < -0.39 is 5.97 Å². The summed E-state index contributed by atoms with van der Waals surface area (Å²) in [5, 5.41) is 11.6. The van der Waals surface area contributed by atoms with Gasteiger partial charge in [0.15, 0.2) is 0 Å². The molecule has 0 bridgehead atoms. The Morgan fingerprint density at radius 3 is 2.63 bits per heavy atom. The number of carbonyl (C=O) groups excluding carboxylic acids is 1. The van der Waals surface area contributed by atoms with Gasteiger partial charge in [0.25, 0.3) is 0 Å². The van der Waals surface area contributed by atoms with Crippen LogP contribution in [0.4, 0.5) is 10.5 Å². The molecule has 6 heteroatoms. The molecule has 102 valence electrons. The molecule has 0 aliphatic carbocycles. The molecule has 2 rings (SSSR count). The summed E-state index contributed by atoms with van der Waals surface area (Å²) in [7, 11) is 0. The number of thioether (sulfide) groups is 1. The summed E-state index contributed by atoms with van der Waals surface area (Å²) < 4.78 is 0. The number of rotatable bonds is 3. The molecule has 0 atom stereocenters. The summed E-state index contributed by atoms with van der Waals surface area (Å²) in [5.74, 6) is 0.991. The van der Waals surface area contributed by atoms with Crippen LogP contribution in [0.25, 0.3) is 0 Å². The second-order valence-corrected chi connectivity index (χ2v) is 5.48. The first-order valence-corrected chi connectivity index (χ1v) is 7.25. The van der Waals surface area contributed by atoms with Gasteiger partial charge in [-0.2, -0.15) is 11.8 Å². The molecule has 2 N–H and O–H groups in total. The minimum atomic E-state index is -0.906. The fourth-order valence-corrected chi connectivity index (χ4v) is 2.82. The van der Waals surface area contributed by atoms with Crippen LogP contribution < -0.4 is 5.32 Å². The van der Waals surface area contributed by atoms with Crippen molar-refractivity contribution in [3.05, 3.63) is 29.8 Å². The van der Waals surface area contributed by atoms with Crippen LogP contribution in [-0.4, -0.2) is 46.6 Å². The van der Waals surface area contributed by atoms with Gasteiger partial charge in [-0.15, -0.1) is 0 Å². The third-order valence-electron chi connectivity index (χ3n) is 2.90. The fourth-order valence-electron chi connectivity index (χ4n) is 1.92. The molecular weight excluding hydrogens is 264 g/mol. The van der Waals surface area contributed by atoms with E-state index in [0.29, 0.717) is 11.3 Å². The Kier molecular flexibility index (Phi) is 4.68. The first-order chi connectivity index (χ1) is 9.16. The molecule has 0 spiro atoms. The van der Waals surface area contributed by atoms with Crippen molar-refractivity contribution >= 4 is 29.4 Å². The van der Waals surface area contributed by atoms with Gasteiger partial charge in [0.2, 0.25) is 0 Å². The number of urea groups is 1. The third kappa shape index (κ3) is 3.89. The zero-order valence-electron chi connectivity index (χ0n) is 10.5. The van der Waals surface area contributed by atoms with Crippen molar-refractivity contribution in [3.63, 3.8) is 0 Å². The van der Waals surface area contributed by atoms with Gasteiger partial charge in [0, 0.05) is 30.3 Å². The Hall–Kier alpha value is -1.69. The van der Waals surface area contributed by atoms with Crippen LogP contribution >= 0.6 is 11.8 Å². The highest BCUT2D eigenvalue weighted by Crippen LogP contribution is 2.17. The Bertz CT molecular complexity index is 473. The molecular formula is C13H16N2O3S. The van der Waals surface area contributed by atoms with Crippen LogP contribution in [0.3, 0.4) is 0 Å². The SMILES string of the molecule is O=C(O)Cc1ccccc1NC(=O)N1CCSCC1. The first-order valence-electron chi connectivity index (χ1n) is 6.10. The zero-order chi connectivity index (χ0) is 13.7. The first kappa shape index (κ1) is 13.7. The molecule has 2 amide bonds. The number of aliphatic carboxylic acids is 1. The Labute approximate surface area is 116 Å². The van der Waals surface area contributed by atoms with Crippen molar-refractivity contribution in [1.82, 2.24) is 4.90 Å². The molecule has 0 unspecified atom stereocenters. The molecule has 1 fully saturated rings. The lowest BCUT2D eigenvalue weighted by Gasteiger charge is -2.26. The summed E-state index contributed by atoms with van der Waals surface area (Å²) in [6, 6.07) is 6.85. The monoisotopic (exact) mass is 280 g/mol. The lowest BCUT2D eigenvalue weighted by atomic mass is 10.1. The number of carbonyl (C=O) groups is 2. The molecule has 1 aliphatic heterocycles. The number of anilines is 1. The van der Waals surface area contributed by atoms with Crippen LogP contribution in [0.15, 0.2) is 24.3 Å². The number of nitrogens with zero attached hydrogens (tertiary/aromatic N) is 1. The van der Waals surface area contributed by atoms with E-state index in [1.165, 1.54) is 0 Å². The fraction of sp³-hybridized carbons (Fsp3) is 0.385. The Morgan fingerprint density at radius 2 is 1.95 bits per heavy atom. The van der Waals surface area contributed by atoms with E-state index in [-0.39, 0.29) is 12.5 Å². The van der Waals surface area contributed by atoms with E-state index in [2.05, 4.69) is 5.32 Å². The van der Waals surface area contributed by atoms with Gasteiger partial charge in [-0.25, -0.2) is 4.79 Å². The number of benzene rings is 1. The van der Waals surface area contributed by atoms with Crippen molar-refractivity contribution in [2.24, 2.45) is 0 Å². The molecule has 1 saturated heterocycles. The number of carboxylic acid groups (broad SMARTS) is 1. The second kappa shape index (κ2) is 6.47. The van der Waals surface area contributed by atoms with E-state index in [1.807, 2.05) is 11.8 Å². The summed E-state index contributed by atoms with van der Waals surface area (Å²) in [6.45, 7) is 1.47. The van der Waals surface area contributed by atoms with Crippen molar-refractivity contribution in [2.45, 2.75) is 6.42 Å². The number of hydrogen-bond donors (Lipinski definition) is 2. The van der Waals surface area contributed by atoms with Crippen LogP contribution in [0.5, 0.6) is 0 Å². The highest BCUT2D eigenvalue weighted by molar-refractivity contribution is 7.99. The van der Waals surface area contributed by atoms with Gasteiger partial charge in [0.05, 0.1) is 6.42 Å². The van der Waals surface area contributed by atoms with Crippen LogP contribution in [0.1, 0.15) is 5.56 Å². The van der Waals surface area contributed by atoms with Gasteiger partial charge in [0.1, 0.15) is 0 Å². The van der Waals surface area contributed by atoms with Gasteiger partial charge in [-0.3, -0.25) is 4.79 Å². The summed E-state index contributed by atoms with van der Waals surface area (Å²) in [6.07, 6.45) is -0.0910. The maximum atomic E-state index is 12.1. The smallest absolute Gasteiger partial charge is 0.321 e. The average molecular weight is 280 g/mol. The van der Waals surface area contributed by atoms with Crippen molar-refractivity contribution in [3.8, 4) is 0 Å². The number of para-hydroxylation sites is 1.